The lowest BCUT2D eigenvalue weighted by Crippen LogP contribution is -1.96. The summed E-state index contributed by atoms with van der Waals surface area (Å²) in [6, 6.07) is 11.8. The first-order valence-corrected chi connectivity index (χ1v) is 7.03. The van der Waals surface area contributed by atoms with Crippen LogP contribution in [0.5, 0.6) is 0 Å². The van der Waals surface area contributed by atoms with Gasteiger partial charge >= 0.3 is 0 Å². The van der Waals surface area contributed by atoms with E-state index in [-0.39, 0.29) is 0 Å². The van der Waals surface area contributed by atoms with Crippen LogP contribution in [-0.2, 0) is 0 Å². The molecule has 0 saturated heterocycles. The summed E-state index contributed by atoms with van der Waals surface area (Å²) in [7, 11) is 3.77. The Morgan fingerprint density at radius 2 is 1.10 bits per heavy atom. The topological polar surface area (TPSA) is 38.7 Å². The number of aromatic nitrogens is 3. The molecule has 0 amide bonds. The molecule has 0 atom stereocenters. The van der Waals surface area contributed by atoms with Gasteiger partial charge in [0.2, 0.25) is 0 Å². The third-order valence-electron chi connectivity index (χ3n) is 3.10. The van der Waals surface area contributed by atoms with Crippen LogP contribution in [0.4, 0.5) is 0 Å². The summed E-state index contributed by atoms with van der Waals surface area (Å²) < 4.78 is 0. The molecule has 3 rings (SSSR count). The molecule has 3 nitrogen and oxygen atoms in total. The normalized spacial score (nSPS) is 10.1. The Morgan fingerprint density at radius 1 is 0.667 bits per heavy atom. The van der Waals surface area contributed by atoms with Gasteiger partial charge in [-0.3, -0.25) is 15.0 Å². The van der Waals surface area contributed by atoms with Crippen molar-refractivity contribution in [2.75, 3.05) is 0 Å². The number of pyridine rings is 3. The van der Waals surface area contributed by atoms with Crippen molar-refractivity contribution < 1.29 is 0 Å². The van der Waals surface area contributed by atoms with Gasteiger partial charge in [-0.05, 0) is 29.3 Å². The van der Waals surface area contributed by atoms with E-state index in [1.54, 1.807) is 18.6 Å². The minimum atomic E-state index is 0.962. The van der Waals surface area contributed by atoms with Crippen LogP contribution >= 0.6 is 0 Å². The van der Waals surface area contributed by atoms with Gasteiger partial charge < -0.3 is 0 Å². The van der Waals surface area contributed by atoms with Crippen molar-refractivity contribution in [2.24, 2.45) is 0 Å². The standard InChI is InChI=1S/C17H12N3Si/c21-17(15-6-3-9-20-12-15)16(13-4-1-7-18-10-13)14-5-2-8-19-11-14/h1-12H. The molecular weight excluding hydrogens is 274 g/mol. The van der Waals surface area contributed by atoms with Crippen molar-refractivity contribution in [3.63, 3.8) is 0 Å². The van der Waals surface area contributed by atoms with E-state index in [4.69, 9.17) is 0 Å². The van der Waals surface area contributed by atoms with Gasteiger partial charge in [-0.2, -0.15) is 0 Å². The van der Waals surface area contributed by atoms with E-state index in [0.29, 0.717) is 0 Å². The van der Waals surface area contributed by atoms with E-state index in [9.17, 15) is 0 Å². The molecule has 0 N–H and O–H groups in total. The second-order valence-corrected chi connectivity index (χ2v) is 4.98. The molecule has 99 valence electrons. The van der Waals surface area contributed by atoms with Crippen LogP contribution in [0.15, 0.2) is 73.6 Å². The SMILES string of the molecule is [Si]C(=C(c1cccnc1)c1cccnc1)c1cccnc1. The fourth-order valence-corrected chi connectivity index (χ4v) is 2.57. The van der Waals surface area contributed by atoms with Gasteiger partial charge in [0.25, 0.3) is 0 Å². The highest BCUT2D eigenvalue weighted by molar-refractivity contribution is 6.47. The second-order valence-electron chi connectivity index (χ2n) is 4.48. The van der Waals surface area contributed by atoms with Crippen molar-refractivity contribution >= 4 is 21.0 Å². The lowest BCUT2D eigenvalue weighted by atomic mass is 9.98. The molecule has 21 heavy (non-hydrogen) atoms. The molecule has 3 radical (unpaired) electrons. The molecule has 0 bridgehead atoms. The molecule has 0 aliphatic heterocycles. The Balaban J connectivity index is 2.22. The van der Waals surface area contributed by atoms with E-state index in [1.165, 1.54) is 0 Å². The molecule has 4 heteroatoms. The summed E-state index contributed by atoms with van der Waals surface area (Å²) in [6.07, 6.45) is 10.8. The maximum Gasteiger partial charge on any atom is 0.0730 e. The summed E-state index contributed by atoms with van der Waals surface area (Å²) in [6.45, 7) is 0. The quantitative estimate of drug-likeness (QED) is 0.695. The zero-order chi connectivity index (χ0) is 14.5. The molecule has 3 aromatic rings. The Kier molecular flexibility index (Phi) is 3.98. The highest BCUT2D eigenvalue weighted by atomic mass is 28.1. The van der Waals surface area contributed by atoms with E-state index < -0.39 is 0 Å². The third-order valence-corrected chi connectivity index (χ3v) is 3.64. The average molecular weight is 286 g/mol. The molecule has 0 saturated carbocycles. The van der Waals surface area contributed by atoms with Crippen molar-refractivity contribution in [3.05, 3.63) is 90.3 Å². The maximum absolute atomic E-state index is 4.22. The Morgan fingerprint density at radius 3 is 1.48 bits per heavy atom. The molecule has 3 aromatic heterocycles. The Bertz CT molecular complexity index is 699. The smallest absolute Gasteiger partial charge is 0.0730 e. The summed E-state index contributed by atoms with van der Waals surface area (Å²) in [5, 5.41) is 0.962. The molecule has 0 fully saturated rings. The Labute approximate surface area is 126 Å². The van der Waals surface area contributed by atoms with Crippen LogP contribution in [-0.4, -0.2) is 25.2 Å². The molecule has 0 unspecified atom stereocenters. The third kappa shape index (κ3) is 2.95. The predicted octanol–water partition coefficient (Wildman–Crippen LogP) is 2.96. The first-order chi connectivity index (χ1) is 10.4. The van der Waals surface area contributed by atoms with Crippen molar-refractivity contribution in [3.8, 4) is 0 Å². The number of hydrogen-bond acceptors (Lipinski definition) is 3. The van der Waals surface area contributed by atoms with Gasteiger partial charge in [-0.1, -0.05) is 23.4 Å². The van der Waals surface area contributed by atoms with E-state index in [1.807, 2.05) is 55.0 Å². The summed E-state index contributed by atoms with van der Waals surface area (Å²) >= 11 is 0. The zero-order valence-corrected chi connectivity index (χ0v) is 12.3. The average Bonchev–Trinajstić information content (AvgIpc) is 2.58. The van der Waals surface area contributed by atoms with Gasteiger partial charge in [0.15, 0.2) is 0 Å². The molecule has 0 aromatic carbocycles. The fraction of sp³-hybridized carbons (Fsp3) is 0. The van der Waals surface area contributed by atoms with Crippen molar-refractivity contribution in [1.29, 1.82) is 0 Å². The first kappa shape index (κ1) is 13.4. The summed E-state index contributed by atoms with van der Waals surface area (Å²) in [5.74, 6) is 0. The molecule has 0 spiro atoms. The Hall–Kier alpha value is -2.59. The lowest BCUT2D eigenvalue weighted by Gasteiger charge is -2.13. The largest absolute Gasteiger partial charge is 0.264 e. The van der Waals surface area contributed by atoms with Gasteiger partial charge in [-0.15, -0.1) is 0 Å². The van der Waals surface area contributed by atoms with Crippen LogP contribution in [0, 0.1) is 0 Å². The van der Waals surface area contributed by atoms with Crippen LogP contribution in [0.25, 0.3) is 10.8 Å². The highest BCUT2D eigenvalue weighted by Crippen LogP contribution is 2.29. The monoisotopic (exact) mass is 286 g/mol. The molecule has 0 aliphatic carbocycles. The number of hydrogen-bond donors (Lipinski definition) is 0. The minimum Gasteiger partial charge on any atom is -0.264 e. The fourth-order valence-electron chi connectivity index (χ4n) is 2.13. The molecule has 3 heterocycles. The van der Waals surface area contributed by atoms with Gasteiger partial charge in [0.05, 0.1) is 10.2 Å². The minimum absolute atomic E-state index is 0.962. The number of rotatable bonds is 3. The molecular formula is C17H12N3Si. The van der Waals surface area contributed by atoms with Crippen molar-refractivity contribution in [2.45, 2.75) is 0 Å². The lowest BCUT2D eigenvalue weighted by molar-refractivity contribution is 1.28. The van der Waals surface area contributed by atoms with Crippen LogP contribution in [0.3, 0.4) is 0 Å². The first-order valence-electron chi connectivity index (χ1n) is 6.53. The maximum atomic E-state index is 4.22. The second kappa shape index (κ2) is 6.24. The summed E-state index contributed by atoms with van der Waals surface area (Å²) in [4.78, 5) is 12.6. The van der Waals surface area contributed by atoms with Crippen LogP contribution in [0.2, 0.25) is 0 Å². The van der Waals surface area contributed by atoms with E-state index in [0.717, 1.165) is 27.5 Å². The highest BCUT2D eigenvalue weighted by Gasteiger charge is 2.10. The van der Waals surface area contributed by atoms with Gasteiger partial charge in [0.1, 0.15) is 0 Å². The van der Waals surface area contributed by atoms with Crippen LogP contribution < -0.4 is 0 Å². The predicted molar refractivity (Wildman–Crippen MR) is 84.4 cm³/mol. The zero-order valence-electron chi connectivity index (χ0n) is 11.3. The molecule has 0 aliphatic rings. The number of nitrogens with zero attached hydrogens (tertiary/aromatic N) is 3. The summed E-state index contributed by atoms with van der Waals surface area (Å²) in [5.41, 5.74) is 4.11. The van der Waals surface area contributed by atoms with Crippen LogP contribution in [0.1, 0.15) is 16.7 Å². The van der Waals surface area contributed by atoms with Gasteiger partial charge in [0, 0.05) is 48.3 Å². The van der Waals surface area contributed by atoms with Crippen molar-refractivity contribution in [1.82, 2.24) is 15.0 Å². The van der Waals surface area contributed by atoms with E-state index >= 15 is 0 Å². The van der Waals surface area contributed by atoms with Gasteiger partial charge in [-0.25, -0.2) is 0 Å². The van der Waals surface area contributed by atoms with E-state index in [2.05, 4.69) is 25.2 Å².